The van der Waals surface area contributed by atoms with E-state index in [1.807, 2.05) is 11.6 Å². The second-order valence-electron chi connectivity index (χ2n) is 6.14. The molecule has 6 nitrogen and oxygen atoms in total. The van der Waals surface area contributed by atoms with Gasteiger partial charge in [-0.3, -0.25) is 4.68 Å². The van der Waals surface area contributed by atoms with E-state index in [2.05, 4.69) is 49.9 Å². The van der Waals surface area contributed by atoms with Crippen LogP contribution in [-0.4, -0.2) is 50.8 Å². The average Bonchev–Trinajstić information content (AvgIpc) is 2.88. The summed E-state index contributed by atoms with van der Waals surface area (Å²) in [6.45, 7) is 17.6. The minimum absolute atomic E-state index is 0.298. The number of aryl methyl sites for hydroxylation is 2. The van der Waals surface area contributed by atoms with E-state index in [1.54, 1.807) is 0 Å². The predicted molar refractivity (Wildman–Crippen MR) is 96.1 cm³/mol. The fourth-order valence-electron chi connectivity index (χ4n) is 2.73. The highest BCUT2D eigenvalue weighted by molar-refractivity contribution is 5.87. The molecule has 0 saturated carbocycles. The minimum Gasteiger partial charge on any atom is -0.367 e. The van der Waals surface area contributed by atoms with Gasteiger partial charge in [-0.25, -0.2) is 9.97 Å². The van der Waals surface area contributed by atoms with E-state index in [-0.39, 0.29) is 0 Å². The minimum atomic E-state index is 0.298. The molecule has 0 amide bonds. The van der Waals surface area contributed by atoms with Crippen LogP contribution in [0.3, 0.4) is 0 Å². The van der Waals surface area contributed by atoms with E-state index in [9.17, 15) is 0 Å². The zero-order valence-corrected chi connectivity index (χ0v) is 15.3. The molecule has 2 heterocycles. The van der Waals surface area contributed by atoms with Crippen LogP contribution in [0.5, 0.6) is 0 Å². The van der Waals surface area contributed by atoms with Crippen molar-refractivity contribution >= 4 is 16.9 Å². The first-order valence-corrected chi connectivity index (χ1v) is 8.72. The molecular weight excluding hydrogens is 288 g/mol. The third-order valence-corrected chi connectivity index (χ3v) is 4.20. The lowest BCUT2D eigenvalue weighted by Gasteiger charge is -2.19. The van der Waals surface area contributed by atoms with Crippen molar-refractivity contribution in [2.75, 3.05) is 31.5 Å². The van der Waals surface area contributed by atoms with Gasteiger partial charge in [0.2, 0.25) is 0 Å². The third kappa shape index (κ3) is 3.80. The molecule has 0 fully saturated rings. The van der Waals surface area contributed by atoms with Crippen molar-refractivity contribution in [1.29, 1.82) is 0 Å². The van der Waals surface area contributed by atoms with Gasteiger partial charge in [0.05, 0.1) is 5.69 Å². The van der Waals surface area contributed by atoms with E-state index in [0.29, 0.717) is 5.92 Å². The quantitative estimate of drug-likeness (QED) is 0.810. The molecule has 0 radical (unpaired) electrons. The molecule has 0 aromatic carbocycles. The van der Waals surface area contributed by atoms with Crippen LogP contribution in [0, 0.1) is 6.92 Å². The highest BCUT2D eigenvalue weighted by atomic mass is 15.3. The lowest BCUT2D eigenvalue weighted by molar-refractivity contribution is 0.316. The zero-order chi connectivity index (χ0) is 17.0. The van der Waals surface area contributed by atoms with Crippen LogP contribution in [0.4, 0.5) is 5.82 Å². The van der Waals surface area contributed by atoms with Crippen LogP contribution in [0.25, 0.3) is 11.0 Å². The summed E-state index contributed by atoms with van der Waals surface area (Å²) in [5.74, 6) is 2.09. The lowest BCUT2D eigenvalue weighted by Crippen LogP contribution is -2.29. The van der Waals surface area contributed by atoms with E-state index < -0.39 is 0 Å². The number of rotatable bonds is 8. The molecule has 0 saturated heterocycles. The summed E-state index contributed by atoms with van der Waals surface area (Å²) in [4.78, 5) is 11.9. The number of aromatic nitrogens is 4. The van der Waals surface area contributed by atoms with Crippen molar-refractivity contribution < 1.29 is 0 Å². The maximum atomic E-state index is 4.77. The topological polar surface area (TPSA) is 58.9 Å². The maximum absolute atomic E-state index is 4.77. The Morgan fingerprint density at radius 1 is 1.13 bits per heavy atom. The van der Waals surface area contributed by atoms with Gasteiger partial charge in [-0.2, -0.15) is 5.10 Å². The molecule has 0 atom stereocenters. The van der Waals surface area contributed by atoms with Crippen molar-refractivity contribution in [2.24, 2.45) is 0 Å². The SMILES string of the molecule is CCN(CC)CCNc1nc(C(C)C)nc2c(C)nn(CC)c12. The molecule has 128 valence electrons. The van der Waals surface area contributed by atoms with Gasteiger partial charge in [-0.1, -0.05) is 27.7 Å². The van der Waals surface area contributed by atoms with Gasteiger partial charge in [-0.15, -0.1) is 0 Å². The van der Waals surface area contributed by atoms with Gasteiger partial charge in [0, 0.05) is 25.6 Å². The van der Waals surface area contributed by atoms with Crippen molar-refractivity contribution in [1.82, 2.24) is 24.6 Å². The Morgan fingerprint density at radius 2 is 1.83 bits per heavy atom. The second kappa shape index (κ2) is 7.73. The number of fused-ring (bicyclic) bond motifs is 1. The largest absolute Gasteiger partial charge is 0.367 e. The summed E-state index contributed by atoms with van der Waals surface area (Å²) in [5, 5.41) is 8.13. The Morgan fingerprint density at radius 3 is 2.39 bits per heavy atom. The standard InChI is InChI=1S/C17H30N6/c1-7-22(8-2)11-10-18-17-15-14(13(6)21-23(15)9-3)19-16(20-17)12(4)5/h12H,7-11H2,1-6H3,(H,18,19,20). The summed E-state index contributed by atoms with van der Waals surface area (Å²) in [5.41, 5.74) is 2.96. The number of anilines is 1. The number of likely N-dealkylation sites (N-methyl/N-ethyl adjacent to an activating group) is 1. The lowest BCUT2D eigenvalue weighted by atomic mass is 10.2. The van der Waals surface area contributed by atoms with Crippen LogP contribution in [0.1, 0.15) is 52.1 Å². The van der Waals surface area contributed by atoms with E-state index in [1.165, 1.54) is 0 Å². The van der Waals surface area contributed by atoms with Crippen molar-refractivity contribution in [3.05, 3.63) is 11.5 Å². The molecule has 0 unspecified atom stereocenters. The Hall–Kier alpha value is -1.69. The molecule has 0 aliphatic heterocycles. The molecular formula is C17H30N6. The molecule has 2 aromatic heterocycles. The van der Waals surface area contributed by atoms with Crippen molar-refractivity contribution in [3.8, 4) is 0 Å². The van der Waals surface area contributed by atoms with Gasteiger partial charge in [-0.05, 0) is 26.9 Å². The van der Waals surface area contributed by atoms with Gasteiger partial charge in [0.25, 0.3) is 0 Å². The predicted octanol–water partition coefficient (Wildman–Crippen LogP) is 3.03. The van der Waals surface area contributed by atoms with Crippen LogP contribution in [-0.2, 0) is 6.54 Å². The highest BCUT2D eigenvalue weighted by Crippen LogP contribution is 2.25. The van der Waals surface area contributed by atoms with Gasteiger partial charge < -0.3 is 10.2 Å². The Bertz CT molecular complexity index is 642. The molecule has 0 aliphatic rings. The first-order valence-electron chi connectivity index (χ1n) is 8.72. The number of nitrogens with zero attached hydrogens (tertiary/aromatic N) is 5. The summed E-state index contributed by atoms with van der Waals surface area (Å²) in [6, 6.07) is 0. The summed E-state index contributed by atoms with van der Waals surface area (Å²) in [7, 11) is 0. The molecule has 23 heavy (non-hydrogen) atoms. The molecule has 2 aromatic rings. The number of hydrogen-bond acceptors (Lipinski definition) is 5. The third-order valence-electron chi connectivity index (χ3n) is 4.20. The summed E-state index contributed by atoms with van der Waals surface area (Å²) < 4.78 is 1.99. The maximum Gasteiger partial charge on any atom is 0.156 e. The number of hydrogen-bond donors (Lipinski definition) is 1. The van der Waals surface area contributed by atoms with Crippen molar-refractivity contribution in [3.63, 3.8) is 0 Å². The van der Waals surface area contributed by atoms with Crippen LogP contribution in [0.15, 0.2) is 0 Å². The zero-order valence-electron chi connectivity index (χ0n) is 15.3. The Balaban J connectivity index is 2.35. The fraction of sp³-hybridized carbons (Fsp3) is 0.706. The van der Waals surface area contributed by atoms with Gasteiger partial charge in [0.1, 0.15) is 16.9 Å². The van der Waals surface area contributed by atoms with E-state index in [0.717, 1.165) is 61.1 Å². The molecule has 0 aliphatic carbocycles. The Kier molecular flexibility index (Phi) is 5.93. The van der Waals surface area contributed by atoms with Crippen molar-refractivity contribution in [2.45, 2.75) is 54.0 Å². The van der Waals surface area contributed by atoms with Gasteiger partial charge >= 0.3 is 0 Å². The van der Waals surface area contributed by atoms with E-state index >= 15 is 0 Å². The normalized spacial score (nSPS) is 11.8. The molecule has 2 rings (SSSR count). The second-order valence-corrected chi connectivity index (χ2v) is 6.14. The van der Waals surface area contributed by atoms with Crippen LogP contribution < -0.4 is 5.32 Å². The highest BCUT2D eigenvalue weighted by Gasteiger charge is 2.17. The molecule has 1 N–H and O–H groups in total. The monoisotopic (exact) mass is 318 g/mol. The molecule has 0 bridgehead atoms. The van der Waals surface area contributed by atoms with Crippen LogP contribution in [0.2, 0.25) is 0 Å². The molecule has 6 heteroatoms. The summed E-state index contributed by atoms with van der Waals surface area (Å²) >= 11 is 0. The van der Waals surface area contributed by atoms with E-state index in [4.69, 9.17) is 9.97 Å². The smallest absolute Gasteiger partial charge is 0.156 e. The average molecular weight is 318 g/mol. The summed E-state index contributed by atoms with van der Waals surface area (Å²) in [6.07, 6.45) is 0. The first kappa shape index (κ1) is 17.7. The fourth-order valence-corrected chi connectivity index (χ4v) is 2.73. The van der Waals surface area contributed by atoms with Crippen LogP contribution >= 0.6 is 0 Å². The molecule has 0 spiro atoms. The Labute approximate surface area is 139 Å². The first-order chi connectivity index (χ1) is 11.0. The number of nitrogens with one attached hydrogen (secondary N) is 1. The van der Waals surface area contributed by atoms with Gasteiger partial charge in [0.15, 0.2) is 5.82 Å².